The van der Waals surface area contributed by atoms with Crippen LogP contribution >= 0.6 is 0 Å². The smallest absolute Gasteiger partial charge is 0.330 e. The Kier molecular flexibility index (Phi) is 9.03. The number of amides is 2. The van der Waals surface area contributed by atoms with Gasteiger partial charge in [0.15, 0.2) is 12.3 Å². The van der Waals surface area contributed by atoms with Gasteiger partial charge in [0.1, 0.15) is 41.2 Å². The molecule has 0 radical (unpaired) electrons. The van der Waals surface area contributed by atoms with Crippen LogP contribution in [0.1, 0.15) is 55.1 Å². The molecule has 12 N–H and O–H groups in total. The van der Waals surface area contributed by atoms with Crippen LogP contribution < -0.4 is 22.1 Å². The van der Waals surface area contributed by atoms with Crippen LogP contribution in [-0.4, -0.2) is 78.5 Å². The molecule has 2 heterocycles. The quantitative estimate of drug-likeness (QED) is 0.184. The van der Waals surface area contributed by atoms with E-state index in [1.165, 1.54) is 42.5 Å². The molecule has 1 saturated heterocycles. The third kappa shape index (κ3) is 6.65. The Morgan fingerprint density at radius 1 is 0.979 bits per heavy atom. The first-order valence-electron chi connectivity index (χ1n) is 14.6. The number of phenols is 4. The van der Waals surface area contributed by atoms with E-state index in [1.54, 1.807) is 13.8 Å². The van der Waals surface area contributed by atoms with E-state index >= 15 is 0 Å². The number of ether oxygens (including phenoxy) is 2. The Morgan fingerprint density at radius 3 is 2.30 bits per heavy atom. The summed E-state index contributed by atoms with van der Waals surface area (Å²) >= 11 is 0. The standard InChI is InChI=1S/C32H36N4O11/c1-13-28(41)32(2,34)12-22(46-13)47-27(14-3-6-16(37)7-4-14)26-30(43)35-25(31(44)45)19-10-17(38)11-21(40)23(19)18-9-15(5-8-20(18)39)24(33)29(42)36-26/h3-11,13,22,24-28,37-41H,12,33-34H2,1-2H3,(H,35,43)(H,36,42)(H,44,45)/t13?,22?,24-,25+,26+,27-,28?,32?/m1/s1. The highest BCUT2D eigenvalue weighted by atomic mass is 16.7. The third-order valence-electron chi connectivity index (χ3n) is 8.41. The van der Waals surface area contributed by atoms with Gasteiger partial charge >= 0.3 is 5.97 Å². The van der Waals surface area contributed by atoms with Gasteiger partial charge in [-0.15, -0.1) is 0 Å². The Labute approximate surface area is 268 Å². The molecule has 3 aromatic rings. The monoisotopic (exact) mass is 652 g/mol. The van der Waals surface area contributed by atoms with E-state index < -0.39 is 83.3 Å². The zero-order chi connectivity index (χ0) is 34.4. The lowest BCUT2D eigenvalue weighted by Gasteiger charge is -2.44. The average molecular weight is 653 g/mol. The van der Waals surface area contributed by atoms with Crippen molar-refractivity contribution in [3.05, 3.63) is 71.3 Å². The summed E-state index contributed by atoms with van der Waals surface area (Å²) in [6.07, 6.45) is -4.45. The number of aliphatic hydroxyl groups is 1. The molecule has 8 atom stereocenters. The highest BCUT2D eigenvalue weighted by Gasteiger charge is 2.45. The van der Waals surface area contributed by atoms with Crippen LogP contribution in [0.3, 0.4) is 0 Å². The summed E-state index contributed by atoms with van der Waals surface area (Å²) in [7, 11) is 0. The fourth-order valence-electron chi connectivity index (χ4n) is 5.91. The van der Waals surface area contributed by atoms with Crippen LogP contribution in [0.2, 0.25) is 0 Å². The molecule has 0 spiro atoms. The minimum absolute atomic E-state index is 0.0468. The van der Waals surface area contributed by atoms with Crippen molar-refractivity contribution >= 4 is 17.8 Å². The number of nitrogens with one attached hydrogen (secondary N) is 2. The summed E-state index contributed by atoms with van der Waals surface area (Å²) in [6, 6.07) is 6.13. The van der Waals surface area contributed by atoms with E-state index in [4.69, 9.17) is 20.9 Å². The molecule has 2 bridgehead atoms. The number of aliphatic carboxylic acids is 1. The van der Waals surface area contributed by atoms with E-state index in [0.29, 0.717) is 0 Å². The third-order valence-corrected chi connectivity index (χ3v) is 8.41. The zero-order valence-electron chi connectivity index (χ0n) is 25.3. The molecular formula is C32H36N4O11. The van der Waals surface area contributed by atoms with E-state index in [9.17, 15) is 45.0 Å². The van der Waals surface area contributed by atoms with Gasteiger partial charge in [-0.25, -0.2) is 4.79 Å². The number of hydrogen-bond donors (Lipinski definition) is 10. The number of benzene rings is 3. The number of aliphatic hydroxyl groups excluding tert-OH is 1. The molecule has 2 aliphatic rings. The van der Waals surface area contributed by atoms with Gasteiger partial charge in [-0.1, -0.05) is 18.2 Å². The van der Waals surface area contributed by atoms with Crippen LogP contribution in [0.4, 0.5) is 0 Å². The number of rotatable bonds is 5. The van der Waals surface area contributed by atoms with Gasteiger partial charge in [0, 0.05) is 34.7 Å². The number of hydrogen-bond acceptors (Lipinski definition) is 12. The van der Waals surface area contributed by atoms with Gasteiger partial charge in [-0.3, -0.25) is 9.59 Å². The Hall–Kier alpha value is -4.93. The average Bonchev–Trinajstić information content (AvgIpc) is 2.99. The number of carboxylic acid groups (broad SMARTS) is 1. The van der Waals surface area contributed by atoms with Crippen LogP contribution in [-0.2, 0) is 23.9 Å². The number of nitrogens with two attached hydrogens (primary N) is 2. The fourth-order valence-corrected chi connectivity index (χ4v) is 5.91. The summed E-state index contributed by atoms with van der Waals surface area (Å²) in [5, 5.41) is 67.6. The molecule has 4 unspecified atom stereocenters. The molecule has 5 rings (SSSR count). The van der Waals surface area contributed by atoms with Gasteiger partial charge in [0.25, 0.3) is 0 Å². The van der Waals surface area contributed by atoms with Crippen LogP contribution in [0.15, 0.2) is 54.6 Å². The maximum Gasteiger partial charge on any atom is 0.330 e. The van der Waals surface area contributed by atoms with Crippen LogP contribution in [0.5, 0.6) is 23.0 Å². The minimum Gasteiger partial charge on any atom is -0.508 e. The molecule has 0 aliphatic carbocycles. The number of aromatic hydroxyl groups is 4. The number of fused-ring (bicyclic) bond motifs is 4. The summed E-state index contributed by atoms with van der Waals surface area (Å²) in [5.41, 5.74) is 11.2. The van der Waals surface area contributed by atoms with Gasteiger partial charge in [-0.2, -0.15) is 0 Å². The molecule has 47 heavy (non-hydrogen) atoms. The first-order valence-corrected chi connectivity index (χ1v) is 14.6. The predicted octanol–water partition coefficient (Wildman–Crippen LogP) is 0.887. The van der Waals surface area contributed by atoms with Gasteiger partial charge in [-0.05, 0) is 55.3 Å². The summed E-state index contributed by atoms with van der Waals surface area (Å²) in [5.74, 6) is -5.28. The van der Waals surface area contributed by atoms with Crippen molar-refractivity contribution in [2.45, 2.75) is 68.5 Å². The molecule has 0 aromatic heterocycles. The van der Waals surface area contributed by atoms with E-state index in [1.807, 2.05) is 0 Å². The van der Waals surface area contributed by atoms with Gasteiger partial charge in [0.2, 0.25) is 11.8 Å². The second kappa shape index (κ2) is 12.7. The van der Waals surface area contributed by atoms with E-state index in [2.05, 4.69) is 10.6 Å². The van der Waals surface area contributed by atoms with Gasteiger partial charge < -0.3 is 62.2 Å². The molecular weight excluding hydrogens is 616 g/mol. The molecule has 2 aliphatic heterocycles. The van der Waals surface area contributed by atoms with Crippen molar-refractivity contribution < 1.29 is 54.5 Å². The van der Waals surface area contributed by atoms with Crippen molar-refractivity contribution in [3.8, 4) is 34.1 Å². The summed E-state index contributed by atoms with van der Waals surface area (Å²) in [6.45, 7) is 3.17. The molecule has 15 heteroatoms. The minimum atomic E-state index is -1.94. The first-order chi connectivity index (χ1) is 22.1. The number of carboxylic acids is 1. The maximum atomic E-state index is 14.2. The Morgan fingerprint density at radius 2 is 1.66 bits per heavy atom. The maximum absolute atomic E-state index is 14.2. The molecule has 2 amide bonds. The van der Waals surface area contributed by atoms with E-state index in [0.717, 1.165) is 12.1 Å². The molecule has 1 fully saturated rings. The number of phenolic OH excluding ortho intramolecular Hbond substituents is 4. The largest absolute Gasteiger partial charge is 0.508 e. The molecule has 3 aromatic carbocycles. The second-order valence-electron chi connectivity index (χ2n) is 12.0. The highest BCUT2D eigenvalue weighted by molar-refractivity contribution is 5.95. The van der Waals surface area contributed by atoms with Crippen molar-refractivity contribution in [3.63, 3.8) is 0 Å². The SMILES string of the molecule is CC1OC(O[C@H](c2ccc(O)cc2)[C@@H]2NC(=O)[C@H](N)c3ccc(O)c(c3)-c3c(O)cc(O)cc3[C@@H](C(=O)O)NC2=O)CC(C)(N)C1O. The second-order valence-corrected chi connectivity index (χ2v) is 12.0. The highest BCUT2D eigenvalue weighted by Crippen LogP contribution is 2.44. The normalized spacial score (nSPS) is 28.5. The lowest BCUT2D eigenvalue weighted by atomic mass is 9.86. The Bertz CT molecular complexity index is 1700. The van der Waals surface area contributed by atoms with Crippen molar-refractivity contribution in [1.82, 2.24) is 10.6 Å². The predicted molar refractivity (Wildman–Crippen MR) is 164 cm³/mol. The summed E-state index contributed by atoms with van der Waals surface area (Å²) < 4.78 is 12.1. The molecule has 15 nitrogen and oxygen atoms in total. The van der Waals surface area contributed by atoms with Crippen LogP contribution in [0, 0.1) is 0 Å². The lowest BCUT2D eigenvalue weighted by Crippen LogP contribution is -2.61. The topological polar surface area (TPSA) is 267 Å². The van der Waals surface area contributed by atoms with Gasteiger partial charge in [0.05, 0.1) is 12.2 Å². The molecule has 0 saturated carbocycles. The van der Waals surface area contributed by atoms with E-state index in [-0.39, 0.29) is 40.0 Å². The zero-order valence-corrected chi connectivity index (χ0v) is 25.3. The Balaban J connectivity index is 1.67. The number of carbonyl (C=O) groups is 3. The van der Waals surface area contributed by atoms with Crippen molar-refractivity contribution in [1.29, 1.82) is 0 Å². The fraction of sp³-hybridized carbons (Fsp3) is 0.344. The number of carbonyl (C=O) groups excluding carboxylic acids is 2. The van der Waals surface area contributed by atoms with Crippen molar-refractivity contribution in [2.24, 2.45) is 11.5 Å². The van der Waals surface area contributed by atoms with Crippen LogP contribution in [0.25, 0.3) is 11.1 Å². The first kappa shape index (κ1) is 33.4. The lowest BCUT2D eigenvalue weighted by molar-refractivity contribution is -0.255. The summed E-state index contributed by atoms with van der Waals surface area (Å²) in [4.78, 5) is 40.6. The molecule has 250 valence electrons. The van der Waals surface area contributed by atoms with Crippen molar-refractivity contribution in [2.75, 3.05) is 0 Å².